The lowest BCUT2D eigenvalue weighted by atomic mass is 9.92. The molecule has 0 aliphatic heterocycles. The number of aliphatic hydroxyl groups is 2. The lowest BCUT2D eigenvalue weighted by molar-refractivity contribution is 0.0231. The van der Waals surface area contributed by atoms with Gasteiger partial charge in [0, 0.05) is 19.4 Å². The van der Waals surface area contributed by atoms with Crippen molar-refractivity contribution in [2.45, 2.75) is 31.8 Å². The molecule has 1 unspecified atom stereocenters. The van der Waals surface area contributed by atoms with Crippen LogP contribution in [-0.4, -0.2) is 22.4 Å². The summed E-state index contributed by atoms with van der Waals surface area (Å²) in [6, 6.07) is 0. The van der Waals surface area contributed by atoms with Crippen molar-refractivity contribution in [2.24, 2.45) is 0 Å². The summed E-state index contributed by atoms with van der Waals surface area (Å²) in [7, 11) is 0. The van der Waals surface area contributed by atoms with Gasteiger partial charge in [-0.3, -0.25) is 0 Å². The second-order valence-electron chi connectivity index (χ2n) is 2.79. The molecular weight excluding hydrogens is 152 g/mol. The van der Waals surface area contributed by atoms with Gasteiger partial charge in [-0.1, -0.05) is 6.08 Å². The van der Waals surface area contributed by atoms with Gasteiger partial charge in [-0.2, -0.15) is 0 Å². The smallest absolute Gasteiger partial charge is 0.0812 e. The van der Waals surface area contributed by atoms with Crippen LogP contribution in [0, 0.1) is 11.8 Å². The van der Waals surface area contributed by atoms with Crippen molar-refractivity contribution in [3.63, 3.8) is 0 Å². The molecular formula is C10H16O2. The molecule has 0 radical (unpaired) electrons. The van der Waals surface area contributed by atoms with Crippen molar-refractivity contribution >= 4 is 0 Å². The quantitative estimate of drug-likeness (QED) is 0.476. The van der Waals surface area contributed by atoms with Crippen LogP contribution >= 0.6 is 0 Å². The third-order valence-electron chi connectivity index (χ3n) is 1.70. The summed E-state index contributed by atoms with van der Waals surface area (Å²) in [5, 5.41) is 18.5. The molecule has 68 valence electrons. The summed E-state index contributed by atoms with van der Waals surface area (Å²) >= 11 is 0. The third-order valence-corrected chi connectivity index (χ3v) is 1.70. The topological polar surface area (TPSA) is 40.5 Å². The van der Waals surface area contributed by atoms with Crippen molar-refractivity contribution in [3.05, 3.63) is 12.7 Å². The number of hydrogen-bond acceptors (Lipinski definition) is 2. The minimum atomic E-state index is -0.889. The molecule has 2 nitrogen and oxygen atoms in total. The Morgan fingerprint density at radius 3 is 2.67 bits per heavy atom. The molecule has 0 aromatic heterocycles. The van der Waals surface area contributed by atoms with E-state index in [1.165, 1.54) is 0 Å². The first-order valence-electron chi connectivity index (χ1n) is 4.02. The lowest BCUT2D eigenvalue weighted by Crippen LogP contribution is -2.28. The van der Waals surface area contributed by atoms with Gasteiger partial charge in [0.15, 0.2) is 0 Å². The maximum atomic E-state index is 9.81. The predicted octanol–water partition coefficient (Wildman–Crippen LogP) is 1.09. The van der Waals surface area contributed by atoms with E-state index in [2.05, 4.69) is 18.4 Å². The van der Waals surface area contributed by atoms with Crippen molar-refractivity contribution in [1.82, 2.24) is 0 Å². The first kappa shape index (κ1) is 11.2. The van der Waals surface area contributed by atoms with E-state index in [4.69, 9.17) is 5.11 Å². The van der Waals surface area contributed by atoms with Crippen LogP contribution in [0.2, 0.25) is 0 Å². The second kappa shape index (κ2) is 5.82. The van der Waals surface area contributed by atoms with E-state index < -0.39 is 5.60 Å². The maximum Gasteiger partial charge on any atom is 0.0812 e. The Bertz CT molecular complexity index is 188. The molecule has 1 atom stereocenters. The largest absolute Gasteiger partial charge is 0.396 e. The molecule has 0 amide bonds. The molecule has 2 heteroatoms. The molecule has 0 aliphatic rings. The van der Waals surface area contributed by atoms with Crippen LogP contribution in [0.25, 0.3) is 0 Å². The molecule has 12 heavy (non-hydrogen) atoms. The molecule has 0 heterocycles. The molecule has 0 aromatic carbocycles. The van der Waals surface area contributed by atoms with Crippen molar-refractivity contribution in [3.8, 4) is 11.8 Å². The number of hydrogen-bond donors (Lipinski definition) is 2. The van der Waals surface area contributed by atoms with Gasteiger partial charge in [0.25, 0.3) is 0 Å². The van der Waals surface area contributed by atoms with Gasteiger partial charge in [0.2, 0.25) is 0 Å². The molecule has 0 spiro atoms. The van der Waals surface area contributed by atoms with Crippen LogP contribution in [0.3, 0.4) is 0 Å². The van der Waals surface area contributed by atoms with Gasteiger partial charge in [-0.15, -0.1) is 18.4 Å². The van der Waals surface area contributed by atoms with Crippen LogP contribution in [0.4, 0.5) is 0 Å². The van der Waals surface area contributed by atoms with E-state index in [1.807, 2.05) is 0 Å². The van der Waals surface area contributed by atoms with Crippen LogP contribution in [0.1, 0.15) is 26.2 Å². The first-order chi connectivity index (χ1) is 5.68. The highest BCUT2D eigenvalue weighted by molar-refractivity contribution is 5.03. The Hall–Kier alpha value is -0.780. The number of rotatable bonds is 5. The zero-order valence-electron chi connectivity index (χ0n) is 7.51. The summed E-state index contributed by atoms with van der Waals surface area (Å²) < 4.78 is 0. The second-order valence-corrected chi connectivity index (χ2v) is 2.79. The Labute approximate surface area is 73.9 Å². The van der Waals surface area contributed by atoms with Crippen molar-refractivity contribution in [1.29, 1.82) is 0 Å². The maximum absolute atomic E-state index is 9.81. The van der Waals surface area contributed by atoms with E-state index in [0.717, 1.165) is 0 Å². The van der Waals surface area contributed by atoms with Gasteiger partial charge in [0.05, 0.1) is 5.60 Å². The Morgan fingerprint density at radius 2 is 2.25 bits per heavy atom. The van der Waals surface area contributed by atoms with Crippen molar-refractivity contribution in [2.75, 3.05) is 6.61 Å². The lowest BCUT2D eigenvalue weighted by Gasteiger charge is -2.23. The highest BCUT2D eigenvalue weighted by Crippen LogP contribution is 2.19. The van der Waals surface area contributed by atoms with E-state index >= 15 is 0 Å². The SMILES string of the molecule is C=CCC(O)(CC#CC)CCO. The monoisotopic (exact) mass is 168 g/mol. The molecule has 0 aromatic rings. The summed E-state index contributed by atoms with van der Waals surface area (Å²) in [6.45, 7) is 5.26. The fourth-order valence-corrected chi connectivity index (χ4v) is 0.992. The standard InChI is InChI=1S/C10H16O2/c1-3-5-7-10(12,6-4-2)8-9-11/h4,11-12H,2,6-9H2,1H3. The fraction of sp³-hybridized carbons (Fsp3) is 0.600. The van der Waals surface area contributed by atoms with Crippen LogP contribution < -0.4 is 0 Å². The average Bonchev–Trinajstić information content (AvgIpc) is 2.02. The Kier molecular flexibility index (Phi) is 5.44. The zero-order valence-corrected chi connectivity index (χ0v) is 7.51. The molecule has 2 N–H and O–H groups in total. The molecule has 0 bridgehead atoms. The van der Waals surface area contributed by atoms with Gasteiger partial charge in [0.1, 0.15) is 0 Å². The predicted molar refractivity (Wildman–Crippen MR) is 49.5 cm³/mol. The summed E-state index contributed by atoms with van der Waals surface area (Å²) in [6.07, 6.45) is 2.87. The molecule has 0 saturated carbocycles. The molecule has 0 aliphatic carbocycles. The highest BCUT2D eigenvalue weighted by Gasteiger charge is 2.23. The molecule has 0 fully saturated rings. The zero-order chi connectivity index (χ0) is 9.45. The minimum absolute atomic E-state index is 0.0181. The van der Waals surface area contributed by atoms with E-state index in [0.29, 0.717) is 19.3 Å². The van der Waals surface area contributed by atoms with E-state index in [1.54, 1.807) is 13.0 Å². The number of aliphatic hydroxyl groups excluding tert-OH is 1. The van der Waals surface area contributed by atoms with Crippen molar-refractivity contribution < 1.29 is 10.2 Å². The third kappa shape index (κ3) is 4.17. The van der Waals surface area contributed by atoms with Crippen LogP contribution in [0.5, 0.6) is 0 Å². The Balaban J connectivity index is 4.12. The Morgan fingerprint density at radius 1 is 1.58 bits per heavy atom. The fourth-order valence-electron chi connectivity index (χ4n) is 0.992. The minimum Gasteiger partial charge on any atom is -0.396 e. The summed E-state index contributed by atoms with van der Waals surface area (Å²) in [5.41, 5.74) is -0.889. The van der Waals surface area contributed by atoms with Gasteiger partial charge in [-0.25, -0.2) is 0 Å². The van der Waals surface area contributed by atoms with E-state index in [9.17, 15) is 5.11 Å². The first-order valence-corrected chi connectivity index (χ1v) is 4.02. The highest BCUT2D eigenvalue weighted by atomic mass is 16.3. The summed E-state index contributed by atoms with van der Waals surface area (Å²) in [5.74, 6) is 5.51. The average molecular weight is 168 g/mol. The van der Waals surface area contributed by atoms with Gasteiger partial charge >= 0.3 is 0 Å². The van der Waals surface area contributed by atoms with Gasteiger partial charge in [-0.05, 0) is 13.3 Å². The molecule has 0 rings (SSSR count). The van der Waals surface area contributed by atoms with Gasteiger partial charge < -0.3 is 10.2 Å². The van der Waals surface area contributed by atoms with E-state index in [-0.39, 0.29) is 6.61 Å². The summed E-state index contributed by atoms with van der Waals surface area (Å²) in [4.78, 5) is 0. The van der Waals surface area contributed by atoms with Crippen LogP contribution in [0.15, 0.2) is 12.7 Å². The molecule has 0 saturated heterocycles. The van der Waals surface area contributed by atoms with Crippen LogP contribution in [-0.2, 0) is 0 Å². The normalized spacial score (nSPS) is 14.2.